The van der Waals surface area contributed by atoms with Crippen molar-refractivity contribution in [1.82, 2.24) is 19.7 Å². The number of imide groups is 1. The summed E-state index contributed by atoms with van der Waals surface area (Å²) in [6.07, 6.45) is 5.12. The number of nitrogens with zero attached hydrogens (tertiary/aromatic N) is 4. The number of aromatic nitrogens is 1. The van der Waals surface area contributed by atoms with Crippen LogP contribution in [0.4, 0.5) is 4.79 Å². The molecule has 7 heteroatoms. The molecule has 1 aromatic carbocycles. The zero-order valence-corrected chi connectivity index (χ0v) is 19.2. The summed E-state index contributed by atoms with van der Waals surface area (Å²) in [7, 11) is 0. The lowest BCUT2D eigenvalue weighted by atomic mass is 9.85. The number of urea groups is 1. The summed E-state index contributed by atoms with van der Waals surface area (Å²) >= 11 is 2.02. The quantitative estimate of drug-likeness (QED) is 0.631. The zero-order valence-electron chi connectivity index (χ0n) is 18.4. The van der Waals surface area contributed by atoms with Gasteiger partial charge in [-0.25, -0.2) is 4.79 Å². The molecular formula is C25H30N4O2S. The third kappa shape index (κ3) is 4.04. The molecule has 3 aliphatic rings. The lowest BCUT2D eigenvalue weighted by Gasteiger charge is -2.44. The first kappa shape index (κ1) is 21.5. The van der Waals surface area contributed by atoms with Crippen LogP contribution in [0.3, 0.4) is 0 Å². The first-order valence-corrected chi connectivity index (χ1v) is 12.7. The Morgan fingerprint density at radius 1 is 1.03 bits per heavy atom. The van der Waals surface area contributed by atoms with Crippen molar-refractivity contribution < 1.29 is 9.59 Å². The Hall–Kier alpha value is -2.38. The number of hydrogen-bond acceptors (Lipinski definition) is 5. The van der Waals surface area contributed by atoms with Crippen molar-refractivity contribution in [1.29, 1.82) is 0 Å². The Bertz CT molecular complexity index is 941. The van der Waals surface area contributed by atoms with Gasteiger partial charge in [-0.15, -0.1) is 0 Å². The van der Waals surface area contributed by atoms with Gasteiger partial charge < -0.3 is 4.90 Å². The van der Waals surface area contributed by atoms with Crippen molar-refractivity contribution in [3.8, 4) is 0 Å². The number of thioether (sulfide) groups is 1. The lowest BCUT2D eigenvalue weighted by molar-refractivity contribution is -0.136. The highest BCUT2D eigenvalue weighted by atomic mass is 32.2. The summed E-state index contributed by atoms with van der Waals surface area (Å²) in [6.45, 7) is 2.56. The van der Waals surface area contributed by atoms with E-state index in [1.165, 1.54) is 28.4 Å². The van der Waals surface area contributed by atoms with E-state index in [1.54, 1.807) is 6.20 Å². The van der Waals surface area contributed by atoms with Crippen molar-refractivity contribution in [2.24, 2.45) is 0 Å². The van der Waals surface area contributed by atoms with Gasteiger partial charge in [0.1, 0.15) is 5.54 Å². The maximum atomic E-state index is 13.8. The van der Waals surface area contributed by atoms with Crippen LogP contribution in [0.1, 0.15) is 30.5 Å². The SMILES string of the molecule is O=C1N(Cc2ccccn2)C(=O)C2(CCN(C3CCSC3)CC2)N1CCc1ccccc1. The molecule has 0 aliphatic carbocycles. The van der Waals surface area contributed by atoms with Crippen molar-refractivity contribution >= 4 is 23.7 Å². The van der Waals surface area contributed by atoms with E-state index in [4.69, 9.17) is 0 Å². The van der Waals surface area contributed by atoms with E-state index in [2.05, 4.69) is 22.0 Å². The number of pyridine rings is 1. The van der Waals surface area contributed by atoms with Crippen molar-refractivity contribution in [3.63, 3.8) is 0 Å². The Morgan fingerprint density at radius 2 is 1.81 bits per heavy atom. The summed E-state index contributed by atoms with van der Waals surface area (Å²) in [5, 5.41) is 0. The van der Waals surface area contributed by atoms with Crippen LogP contribution in [0.2, 0.25) is 0 Å². The fraction of sp³-hybridized carbons (Fsp3) is 0.480. The number of likely N-dealkylation sites (tertiary alicyclic amines) is 1. The van der Waals surface area contributed by atoms with Crippen LogP contribution in [0, 0.1) is 0 Å². The second kappa shape index (κ2) is 9.24. The molecule has 3 fully saturated rings. The van der Waals surface area contributed by atoms with E-state index in [0.717, 1.165) is 25.2 Å². The number of benzene rings is 1. The maximum absolute atomic E-state index is 13.8. The van der Waals surface area contributed by atoms with Crippen LogP contribution >= 0.6 is 11.8 Å². The molecule has 5 rings (SSSR count). The minimum absolute atomic E-state index is 0.0401. The second-order valence-corrected chi connectivity index (χ2v) is 10.1. The number of piperidine rings is 1. The highest BCUT2D eigenvalue weighted by molar-refractivity contribution is 7.99. The monoisotopic (exact) mass is 450 g/mol. The molecule has 0 radical (unpaired) electrons. The van der Waals surface area contributed by atoms with E-state index >= 15 is 0 Å². The average Bonchev–Trinajstić information content (AvgIpc) is 3.44. The summed E-state index contributed by atoms with van der Waals surface area (Å²) < 4.78 is 0. The van der Waals surface area contributed by atoms with Gasteiger partial charge in [-0.2, -0.15) is 11.8 Å². The predicted octanol–water partition coefficient (Wildman–Crippen LogP) is 3.43. The molecule has 3 saturated heterocycles. The van der Waals surface area contributed by atoms with E-state index in [9.17, 15) is 9.59 Å². The number of carbonyl (C=O) groups excluding carboxylic acids is 2. The van der Waals surface area contributed by atoms with Gasteiger partial charge in [-0.3, -0.25) is 19.6 Å². The Balaban J connectivity index is 1.37. The van der Waals surface area contributed by atoms with Crippen molar-refractivity contribution in [2.45, 2.75) is 43.8 Å². The number of rotatable bonds is 6. The molecule has 0 N–H and O–H groups in total. The number of hydrogen-bond donors (Lipinski definition) is 0. The number of carbonyl (C=O) groups is 2. The second-order valence-electron chi connectivity index (χ2n) is 8.97. The molecular weight excluding hydrogens is 420 g/mol. The Labute approximate surface area is 194 Å². The Kier molecular flexibility index (Phi) is 6.20. The summed E-state index contributed by atoms with van der Waals surface area (Å²) in [6, 6.07) is 16.3. The van der Waals surface area contributed by atoms with E-state index in [-0.39, 0.29) is 18.5 Å². The van der Waals surface area contributed by atoms with Gasteiger partial charge in [0, 0.05) is 37.6 Å². The van der Waals surface area contributed by atoms with Crippen LogP contribution in [0.25, 0.3) is 0 Å². The van der Waals surface area contributed by atoms with Gasteiger partial charge in [0.2, 0.25) is 0 Å². The van der Waals surface area contributed by atoms with Crippen LogP contribution in [0.15, 0.2) is 54.7 Å². The highest BCUT2D eigenvalue weighted by Gasteiger charge is 2.58. The third-order valence-electron chi connectivity index (χ3n) is 7.18. The molecule has 0 bridgehead atoms. The van der Waals surface area contributed by atoms with Gasteiger partial charge in [0.05, 0.1) is 12.2 Å². The molecule has 168 valence electrons. The van der Waals surface area contributed by atoms with Gasteiger partial charge in [0.15, 0.2) is 0 Å². The van der Waals surface area contributed by atoms with Gasteiger partial charge in [0.25, 0.3) is 5.91 Å². The first-order valence-electron chi connectivity index (χ1n) is 11.6. The standard InChI is InChI=1S/C25H30N4O2S/c30-23-25(11-15-27(16-12-25)22-10-17-32-19-22)29(14-9-20-6-2-1-3-7-20)24(31)28(23)18-21-8-4-5-13-26-21/h1-8,13,22H,9-12,14-19H2. The topological polar surface area (TPSA) is 56.8 Å². The molecule has 1 unspecified atom stereocenters. The van der Waals surface area contributed by atoms with E-state index < -0.39 is 5.54 Å². The van der Waals surface area contributed by atoms with Gasteiger partial charge in [-0.05, 0) is 49.1 Å². The van der Waals surface area contributed by atoms with Crippen molar-refractivity contribution in [3.05, 3.63) is 66.0 Å². The van der Waals surface area contributed by atoms with E-state index in [0.29, 0.717) is 25.4 Å². The summed E-state index contributed by atoms with van der Waals surface area (Å²) in [5.41, 5.74) is 1.21. The predicted molar refractivity (Wildman–Crippen MR) is 126 cm³/mol. The average molecular weight is 451 g/mol. The molecule has 3 aliphatic heterocycles. The molecule has 6 nitrogen and oxygen atoms in total. The van der Waals surface area contributed by atoms with Crippen LogP contribution in [-0.4, -0.2) is 74.3 Å². The van der Waals surface area contributed by atoms with Crippen LogP contribution in [-0.2, 0) is 17.8 Å². The van der Waals surface area contributed by atoms with Crippen LogP contribution in [0.5, 0.6) is 0 Å². The minimum atomic E-state index is -0.719. The smallest absolute Gasteiger partial charge is 0.309 e. The lowest BCUT2D eigenvalue weighted by Crippen LogP contribution is -2.58. The Morgan fingerprint density at radius 3 is 2.50 bits per heavy atom. The summed E-state index contributed by atoms with van der Waals surface area (Å²) in [5.74, 6) is 2.37. The van der Waals surface area contributed by atoms with E-state index in [1.807, 2.05) is 53.1 Å². The molecule has 1 spiro atoms. The molecule has 2 aromatic rings. The highest BCUT2D eigenvalue weighted by Crippen LogP contribution is 2.39. The molecule has 1 atom stereocenters. The minimum Gasteiger partial charge on any atom is -0.309 e. The number of amides is 3. The van der Waals surface area contributed by atoms with Gasteiger partial charge >= 0.3 is 6.03 Å². The van der Waals surface area contributed by atoms with Crippen molar-refractivity contribution in [2.75, 3.05) is 31.1 Å². The molecule has 32 heavy (non-hydrogen) atoms. The molecule has 1 aromatic heterocycles. The fourth-order valence-electron chi connectivity index (χ4n) is 5.32. The molecule has 0 saturated carbocycles. The molecule has 4 heterocycles. The maximum Gasteiger partial charge on any atom is 0.328 e. The largest absolute Gasteiger partial charge is 0.328 e. The fourth-order valence-corrected chi connectivity index (χ4v) is 6.58. The normalized spacial score (nSPS) is 23.4. The third-order valence-corrected chi connectivity index (χ3v) is 8.33. The van der Waals surface area contributed by atoms with Crippen LogP contribution < -0.4 is 0 Å². The molecule has 3 amide bonds. The zero-order chi connectivity index (χ0) is 22.0. The summed E-state index contributed by atoms with van der Waals surface area (Å²) in [4.78, 5) is 37.5. The first-order chi connectivity index (χ1) is 15.7. The van der Waals surface area contributed by atoms with Gasteiger partial charge in [-0.1, -0.05) is 36.4 Å².